The van der Waals surface area contributed by atoms with Crippen LogP contribution in [0.15, 0.2) is 30.3 Å². The fourth-order valence-corrected chi connectivity index (χ4v) is 2.55. The van der Waals surface area contributed by atoms with Crippen LogP contribution in [0.4, 0.5) is 17.2 Å². The molecule has 1 N–H and O–H groups in total. The molecule has 23 heavy (non-hydrogen) atoms. The van der Waals surface area contributed by atoms with E-state index < -0.39 is 0 Å². The van der Waals surface area contributed by atoms with Gasteiger partial charge in [-0.3, -0.25) is 0 Å². The van der Waals surface area contributed by atoms with Gasteiger partial charge in [0, 0.05) is 5.69 Å². The molecule has 0 fully saturated rings. The summed E-state index contributed by atoms with van der Waals surface area (Å²) in [5.41, 5.74) is 3.81. The summed E-state index contributed by atoms with van der Waals surface area (Å²) in [5, 5.41) is 3.27. The predicted octanol–water partition coefficient (Wildman–Crippen LogP) is 3.52. The first-order valence-electron chi connectivity index (χ1n) is 7.74. The fraction of sp³-hybridized carbons (Fsp3) is 0.294. The molecule has 2 heterocycles. The van der Waals surface area contributed by atoms with Gasteiger partial charge in [0.15, 0.2) is 0 Å². The van der Waals surface area contributed by atoms with Gasteiger partial charge in [-0.25, -0.2) is 9.83 Å². The molecule has 0 saturated carbocycles. The summed E-state index contributed by atoms with van der Waals surface area (Å²) in [6.45, 7) is 12.6. The lowest BCUT2D eigenvalue weighted by Crippen LogP contribution is -2.23. The lowest BCUT2D eigenvalue weighted by atomic mass is 9.64. The third-order valence-electron chi connectivity index (χ3n) is 3.75. The molecule has 0 unspecified atom stereocenters. The number of anilines is 2. The van der Waals surface area contributed by atoms with Crippen LogP contribution >= 0.6 is 0 Å². The summed E-state index contributed by atoms with van der Waals surface area (Å²) >= 11 is 0. The largest absolute Gasteiger partial charge is 0.486 e. The molecule has 1 aliphatic rings. The minimum Gasteiger partial charge on any atom is -0.486 e. The van der Waals surface area contributed by atoms with E-state index in [1.807, 2.05) is 13.0 Å². The zero-order valence-electron chi connectivity index (χ0n) is 13.3. The summed E-state index contributed by atoms with van der Waals surface area (Å²) in [7, 11) is 0. The van der Waals surface area contributed by atoms with Gasteiger partial charge in [0.25, 0.3) is 0 Å². The number of nitrogens with one attached hydrogen (secondary N) is 1. The van der Waals surface area contributed by atoms with Crippen molar-refractivity contribution < 1.29 is 9.39 Å². The van der Waals surface area contributed by atoms with Gasteiger partial charge < -0.3 is 14.7 Å². The zero-order valence-corrected chi connectivity index (χ0v) is 13.3. The molecule has 3 rings (SSSR count). The average Bonchev–Trinajstić information content (AvgIpc) is 2.94. The normalized spacial score (nSPS) is 12.7. The highest BCUT2D eigenvalue weighted by Gasteiger charge is 2.23. The number of nitrogens with zero attached hydrogens (tertiary/aromatic N) is 2. The van der Waals surface area contributed by atoms with Gasteiger partial charge in [-0.1, -0.05) is 19.8 Å². The van der Waals surface area contributed by atoms with Gasteiger partial charge in [0.2, 0.25) is 11.6 Å². The zero-order chi connectivity index (χ0) is 16.2. The maximum Gasteiger partial charge on any atom is 0.324 e. The van der Waals surface area contributed by atoms with Crippen molar-refractivity contribution >= 4 is 29.6 Å². The molecule has 0 bridgehead atoms. The van der Waals surface area contributed by atoms with Crippen LogP contribution in [0.5, 0.6) is 5.88 Å². The van der Waals surface area contributed by atoms with E-state index in [0.717, 1.165) is 12.1 Å². The Bertz CT molecular complexity index is 758. The number of hydrogen-bond donors (Lipinski definition) is 1. The summed E-state index contributed by atoms with van der Waals surface area (Å²) in [6, 6.07) is 9.69. The van der Waals surface area contributed by atoms with Crippen LogP contribution in [-0.2, 0) is 11.3 Å². The second-order valence-corrected chi connectivity index (χ2v) is 5.47. The van der Waals surface area contributed by atoms with Crippen LogP contribution in [0, 0.1) is 6.57 Å². The first-order chi connectivity index (χ1) is 11.2. The summed E-state index contributed by atoms with van der Waals surface area (Å²) in [6.07, 6.45) is 0.875. The van der Waals surface area contributed by atoms with Crippen molar-refractivity contribution in [2.45, 2.75) is 26.8 Å². The van der Waals surface area contributed by atoms with Crippen molar-refractivity contribution in [3.63, 3.8) is 0 Å². The monoisotopic (exact) mass is 307 g/mol. The minimum absolute atomic E-state index is 0.157. The maximum atomic E-state index is 7.18. The van der Waals surface area contributed by atoms with E-state index in [4.69, 9.17) is 16.0 Å². The Balaban J connectivity index is 1.81. The molecule has 0 atom stereocenters. The van der Waals surface area contributed by atoms with Crippen LogP contribution in [0.1, 0.15) is 18.9 Å². The Hall–Kier alpha value is -2.52. The molecular formula is C17H18BN3O2. The predicted molar refractivity (Wildman–Crippen MR) is 92.1 cm³/mol. The molecule has 0 amide bonds. The number of benzene rings is 1. The SMILES string of the molecule is [C-]#[N+]c1ccc(Nc2ccc3c(c2)COB3C)nc1OCCC. The molecule has 1 aliphatic heterocycles. The number of aromatic nitrogens is 1. The Morgan fingerprint density at radius 3 is 3.04 bits per heavy atom. The number of hydrogen-bond acceptors (Lipinski definition) is 4. The number of ether oxygens (including phenoxy) is 1. The molecule has 1 aromatic heterocycles. The van der Waals surface area contributed by atoms with Crippen LogP contribution < -0.4 is 15.5 Å². The summed E-state index contributed by atoms with van der Waals surface area (Å²) in [4.78, 5) is 7.85. The molecule has 0 radical (unpaired) electrons. The van der Waals surface area contributed by atoms with Gasteiger partial charge in [0.05, 0.1) is 19.8 Å². The van der Waals surface area contributed by atoms with Crippen molar-refractivity contribution in [3.8, 4) is 5.88 Å². The Kier molecular flexibility index (Phi) is 4.49. The van der Waals surface area contributed by atoms with Crippen molar-refractivity contribution in [1.29, 1.82) is 0 Å². The quantitative estimate of drug-likeness (QED) is 0.678. The molecule has 5 nitrogen and oxygen atoms in total. The third-order valence-corrected chi connectivity index (χ3v) is 3.75. The topological polar surface area (TPSA) is 47.7 Å². The van der Waals surface area contributed by atoms with E-state index in [1.54, 1.807) is 12.1 Å². The van der Waals surface area contributed by atoms with Crippen LogP contribution in [0.25, 0.3) is 4.85 Å². The van der Waals surface area contributed by atoms with E-state index in [9.17, 15) is 0 Å². The van der Waals surface area contributed by atoms with Crippen LogP contribution in [-0.4, -0.2) is 18.5 Å². The van der Waals surface area contributed by atoms with Crippen LogP contribution in [0.2, 0.25) is 6.82 Å². The second kappa shape index (κ2) is 6.72. The second-order valence-electron chi connectivity index (χ2n) is 5.47. The molecule has 1 aromatic carbocycles. The summed E-state index contributed by atoms with van der Waals surface area (Å²) in [5.74, 6) is 1.04. The highest BCUT2D eigenvalue weighted by atomic mass is 16.5. The number of pyridine rings is 1. The van der Waals surface area contributed by atoms with Gasteiger partial charge >= 0.3 is 6.92 Å². The van der Waals surface area contributed by atoms with Gasteiger partial charge in [-0.15, -0.1) is 0 Å². The summed E-state index contributed by atoms with van der Waals surface area (Å²) < 4.78 is 11.2. The molecule has 6 heteroatoms. The Morgan fingerprint density at radius 2 is 2.26 bits per heavy atom. The van der Waals surface area contributed by atoms with E-state index >= 15 is 0 Å². The van der Waals surface area contributed by atoms with Crippen LogP contribution in [0.3, 0.4) is 0 Å². The van der Waals surface area contributed by atoms with Gasteiger partial charge in [-0.05, 0) is 41.7 Å². The molecular weight excluding hydrogens is 289 g/mol. The van der Waals surface area contributed by atoms with Gasteiger partial charge in [0.1, 0.15) is 5.82 Å². The van der Waals surface area contributed by atoms with Crippen molar-refractivity contribution in [2.24, 2.45) is 0 Å². The first-order valence-corrected chi connectivity index (χ1v) is 7.74. The van der Waals surface area contributed by atoms with Crippen molar-refractivity contribution in [1.82, 2.24) is 4.98 Å². The molecule has 2 aromatic rings. The van der Waals surface area contributed by atoms with E-state index in [0.29, 0.717) is 30.6 Å². The maximum absolute atomic E-state index is 7.18. The van der Waals surface area contributed by atoms with E-state index in [2.05, 4.69) is 34.1 Å². The number of rotatable bonds is 5. The highest BCUT2D eigenvalue weighted by Crippen LogP contribution is 2.28. The third kappa shape index (κ3) is 3.30. The smallest absolute Gasteiger partial charge is 0.324 e. The lowest BCUT2D eigenvalue weighted by Gasteiger charge is -2.11. The molecule has 0 spiro atoms. The van der Waals surface area contributed by atoms with E-state index in [-0.39, 0.29) is 6.92 Å². The minimum atomic E-state index is 0.157. The fourth-order valence-electron chi connectivity index (χ4n) is 2.55. The van der Waals surface area contributed by atoms with E-state index in [1.165, 1.54) is 11.0 Å². The van der Waals surface area contributed by atoms with Gasteiger partial charge in [-0.2, -0.15) is 0 Å². The molecule has 116 valence electrons. The molecule has 0 saturated heterocycles. The standard InChI is InChI=1S/C17H18BN3O2/c1-4-9-22-17-15(19-3)7-8-16(21-17)20-13-5-6-14-12(10-13)11-23-18(14)2/h5-8,10H,4,9,11H2,1-2H3,(H,20,21). The highest BCUT2D eigenvalue weighted by molar-refractivity contribution is 6.67. The first kappa shape index (κ1) is 15.4. The Labute approximate surface area is 136 Å². The number of fused-ring (bicyclic) bond motifs is 1. The van der Waals surface area contributed by atoms with Crippen molar-refractivity contribution in [2.75, 3.05) is 11.9 Å². The molecule has 0 aliphatic carbocycles. The average molecular weight is 307 g/mol. The Morgan fingerprint density at radius 1 is 1.39 bits per heavy atom. The lowest BCUT2D eigenvalue weighted by molar-refractivity contribution is 0.308. The van der Waals surface area contributed by atoms with Crippen molar-refractivity contribution in [3.05, 3.63) is 47.3 Å².